The molecule has 1 fully saturated rings. The quantitative estimate of drug-likeness (QED) is 0.696. The average Bonchev–Trinajstić information content (AvgIpc) is 3.26. The molecule has 26 heavy (non-hydrogen) atoms. The lowest BCUT2D eigenvalue weighted by Gasteiger charge is -2.15. The summed E-state index contributed by atoms with van der Waals surface area (Å²) in [5.74, 6) is 0.0820. The number of nitrogens with zero attached hydrogens (tertiary/aromatic N) is 3. The monoisotopic (exact) mass is 371 g/mol. The molecule has 0 bridgehead atoms. The molecule has 0 saturated carbocycles. The molecule has 0 aliphatic carbocycles. The first-order valence-electron chi connectivity index (χ1n) is 8.22. The zero-order chi connectivity index (χ0) is 18.1. The standard InChI is InChI=1S/C19H15ClFN3O2/c20-15-7-4-8-16(21)14(15)10-17-22-23-19(26-17)12-9-18(25)24(11-12)13-5-2-1-3-6-13/h1-8,12H,9-11H2/t12-/m0/s1. The van der Waals surface area contributed by atoms with Crippen LogP contribution in [0.15, 0.2) is 52.9 Å². The van der Waals surface area contributed by atoms with E-state index in [9.17, 15) is 9.18 Å². The smallest absolute Gasteiger partial charge is 0.227 e. The number of hydrogen-bond acceptors (Lipinski definition) is 4. The van der Waals surface area contributed by atoms with E-state index in [1.54, 1.807) is 17.0 Å². The molecule has 1 atom stereocenters. The van der Waals surface area contributed by atoms with Crippen LogP contribution in [-0.4, -0.2) is 22.6 Å². The summed E-state index contributed by atoms with van der Waals surface area (Å²) >= 11 is 6.04. The van der Waals surface area contributed by atoms with Crippen molar-refractivity contribution in [3.05, 3.63) is 76.7 Å². The van der Waals surface area contributed by atoms with Crippen molar-refractivity contribution < 1.29 is 13.6 Å². The Balaban J connectivity index is 1.51. The van der Waals surface area contributed by atoms with Gasteiger partial charge in [0, 0.05) is 29.2 Å². The van der Waals surface area contributed by atoms with Crippen LogP contribution in [0.5, 0.6) is 0 Å². The summed E-state index contributed by atoms with van der Waals surface area (Å²) in [7, 11) is 0. The highest BCUT2D eigenvalue weighted by molar-refractivity contribution is 6.31. The fourth-order valence-corrected chi connectivity index (χ4v) is 3.32. The Morgan fingerprint density at radius 3 is 2.73 bits per heavy atom. The summed E-state index contributed by atoms with van der Waals surface area (Å²) in [5, 5.41) is 8.36. The Labute approximate surface area is 154 Å². The van der Waals surface area contributed by atoms with Gasteiger partial charge >= 0.3 is 0 Å². The third kappa shape index (κ3) is 3.20. The van der Waals surface area contributed by atoms with E-state index < -0.39 is 5.82 Å². The van der Waals surface area contributed by atoms with Gasteiger partial charge in [-0.05, 0) is 24.3 Å². The molecule has 0 N–H and O–H groups in total. The maximum Gasteiger partial charge on any atom is 0.227 e. The van der Waals surface area contributed by atoms with Gasteiger partial charge in [-0.15, -0.1) is 10.2 Å². The number of rotatable bonds is 4. The number of anilines is 1. The topological polar surface area (TPSA) is 59.2 Å². The van der Waals surface area contributed by atoms with Gasteiger partial charge in [0.2, 0.25) is 17.7 Å². The Kier molecular flexibility index (Phi) is 4.42. The van der Waals surface area contributed by atoms with E-state index in [1.807, 2.05) is 30.3 Å². The minimum Gasteiger partial charge on any atom is -0.425 e. The van der Waals surface area contributed by atoms with Gasteiger partial charge in [-0.25, -0.2) is 4.39 Å². The Bertz CT molecular complexity index is 925. The fourth-order valence-electron chi connectivity index (χ4n) is 3.09. The number of amides is 1. The van der Waals surface area contributed by atoms with Crippen LogP contribution in [0.2, 0.25) is 5.02 Å². The van der Waals surface area contributed by atoms with E-state index in [1.165, 1.54) is 6.07 Å². The lowest BCUT2D eigenvalue weighted by Crippen LogP contribution is -2.24. The summed E-state index contributed by atoms with van der Waals surface area (Å²) in [6.07, 6.45) is 0.415. The van der Waals surface area contributed by atoms with Gasteiger partial charge in [-0.1, -0.05) is 35.9 Å². The van der Waals surface area contributed by atoms with Crippen LogP contribution in [0.3, 0.4) is 0 Å². The molecular weight excluding hydrogens is 357 g/mol. The number of hydrogen-bond donors (Lipinski definition) is 0. The summed E-state index contributed by atoms with van der Waals surface area (Å²) in [6.45, 7) is 0.477. The number of carbonyl (C=O) groups is 1. The maximum absolute atomic E-state index is 13.9. The predicted octanol–water partition coefficient (Wildman–Crippen LogP) is 3.97. The number of benzene rings is 2. The van der Waals surface area contributed by atoms with Gasteiger partial charge in [-0.2, -0.15) is 0 Å². The summed E-state index contributed by atoms with van der Waals surface area (Å²) in [4.78, 5) is 14.0. The van der Waals surface area contributed by atoms with E-state index in [2.05, 4.69) is 10.2 Å². The SMILES string of the molecule is O=C1C[C@H](c2nnc(Cc3c(F)cccc3Cl)o2)CN1c1ccccc1. The van der Waals surface area contributed by atoms with Gasteiger partial charge in [0.15, 0.2) is 0 Å². The van der Waals surface area contributed by atoms with Crippen LogP contribution in [-0.2, 0) is 11.2 Å². The van der Waals surface area contributed by atoms with Crippen molar-refractivity contribution in [1.82, 2.24) is 10.2 Å². The number of aromatic nitrogens is 2. The highest BCUT2D eigenvalue weighted by atomic mass is 35.5. The second-order valence-electron chi connectivity index (χ2n) is 6.15. The molecule has 0 spiro atoms. The zero-order valence-corrected chi connectivity index (χ0v) is 14.5. The highest BCUT2D eigenvalue weighted by Gasteiger charge is 2.35. The molecule has 0 radical (unpaired) electrons. The van der Waals surface area contributed by atoms with Crippen molar-refractivity contribution in [3.8, 4) is 0 Å². The van der Waals surface area contributed by atoms with Gasteiger partial charge < -0.3 is 9.32 Å². The molecule has 7 heteroatoms. The molecule has 1 aliphatic heterocycles. The van der Waals surface area contributed by atoms with E-state index in [0.717, 1.165) is 5.69 Å². The van der Waals surface area contributed by atoms with Crippen LogP contribution < -0.4 is 4.90 Å². The van der Waals surface area contributed by atoms with Gasteiger partial charge in [0.05, 0.1) is 12.3 Å². The van der Waals surface area contributed by atoms with E-state index in [-0.39, 0.29) is 24.1 Å². The molecule has 132 valence electrons. The molecule has 2 heterocycles. The Morgan fingerprint density at radius 2 is 1.96 bits per heavy atom. The number of halogens is 2. The third-order valence-electron chi connectivity index (χ3n) is 4.41. The fraction of sp³-hybridized carbons (Fsp3) is 0.211. The third-order valence-corrected chi connectivity index (χ3v) is 4.77. The van der Waals surface area contributed by atoms with Crippen molar-refractivity contribution in [2.75, 3.05) is 11.4 Å². The van der Waals surface area contributed by atoms with Crippen LogP contribution in [0.1, 0.15) is 29.7 Å². The minimum absolute atomic E-state index is 0.0121. The highest BCUT2D eigenvalue weighted by Crippen LogP contribution is 2.31. The van der Waals surface area contributed by atoms with Crippen LogP contribution in [0.25, 0.3) is 0 Å². The van der Waals surface area contributed by atoms with Gasteiger partial charge in [0.1, 0.15) is 5.82 Å². The minimum atomic E-state index is -0.413. The lowest BCUT2D eigenvalue weighted by atomic mass is 10.1. The first kappa shape index (κ1) is 16.7. The van der Waals surface area contributed by atoms with Crippen molar-refractivity contribution in [2.24, 2.45) is 0 Å². The molecule has 1 aromatic heterocycles. The van der Waals surface area contributed by atoms with E-state index in [4.69, 9.17) is 16.0 Å². The summed E-state index contributed by atoms with van der Waals surface area (Å²) in [5.41, 5.74) is 1.16. The van der Waals surface area contributed by atoms with Crippen molar-refractivity contribution >= 4 is 23.2 Å². The molecule has 4 rings (SSSR count). The normalized spacial score (nSPS) is 17.1. The first-order valence-corrected chi connectivity index (χ1v) is 8.60. The Hall–Kier alpha value is -2.73. The van der Waals surface area contributed by atoms with Crippen LogP contribution in [0.4, 0.5) is 10.1 Å². The van der Waals surface area contributed by atoms with E-state index in [0.29, 0.717) is 29.4 Å². The Morgan fingerprint density at radius 1 is 1.15 bits per heavy atom. The lowest BCUT2D eigenvalue weighted by molar-refractivity contribution is -0.117. The summed E-state index contributed by atoms with van der Waals surface area (Å²) < 4.78 is 19.6. The molecule has 5 nitrogen and oxygen atoms in total. The average molecular weight is 372 g/mol. The van der Waals surface area contributed by atoms with Gasteiger partial charge in [-0.3, -0.25) is 4.79 Å². The van der Waals surface area contributed by atoms with Crippen molar-refractivity contribution in [2.45, 2.75) is 18.8 Å². The molecule has 1 amide bonds. The van der Waals surface area contributed by atoms with Crippen LogP contribution >= 0.6 is 11.6 Å². The molecule has 2 aromatic carbocycles. The second kappa shape index (κ2) is 6.88. The van der Waals surface area contributed by atoms with Crippen molar-refractivity contribution in [3.63, 3.8) is 0 Å². The van der Waals surface area contributed by atoms with E-state index >= 15 is 0 Å². The molecular formula is C19H15ClFN3O2. The number of carbonyl (C=O) groups excluding carboxylic acids is 1. The van der Waals surface area contributed by atoms with Gasteiger partial charge in [0.25, 0.3) is 0 Å². The largest absolute Gasteiger partial charge is 0.425 e. The summed E-state index contributed by atoms with van der Waals surface area (Å²) in [6, 6.07) is 14.0. The molecule has 1 saturated heterocycles. The molecule has 0 unspecified atom stereocenters. The van der Waals surface area contributed by atoms with Crippen molar-refractivity contribution in [1.29, 1.82) is 0 Å². The number of para-hydroxylation sites is 1. The maximum atomic E-state index is 13.9. The second-order valence-corrected chi connectivity index (χ2v) is 6.56. The predicted molar refractivity (Wildman–Crippen MR) is 94.7 cm³/mol. The molecule has 1 aliphatic rings. The zero-order valence-electron chi connectivity index (χ0n) is 13.7. The van der Waals surface area contributed by atoms with Crippen LogP contribution in [0, 0.1) is 5.82 Å². The first-order chi connectivity index (χ1) is 12.6. The molecule has 3 aromatic rings.